The third kappa shape index (κ3) is 2.96. The van der Waals surface area contributed by atoms with Gasteiger partial charge in [0.1, 0.15) is 7.05 Å². The van der Waals surface area contributed by atoms with E-state index < -0.39 is 8.07 Å². The zero-order chi connectivity index (χ0) is 21.5. The Morgan fingerprint density at radius 2 is 1.28 bits per heavy atom. The van der Waals surface area contributed by atoms with Crippen molar-refractivity contribution in [3.63, 3.8) is 0 Å². The Hall–Kier alpha value is -3.45. The molecule has 0 amide bonds. The van der Waals surface area contributed by atoms with Gasteiger partial charge >= 0.3 is 0 Å². The molecule has 32 heavy (non-hydrogen) atoms. The molecule has 0 fully saturated rings. The summed E-state index contributed by atoms with van der Waals surface area (Å²) in [6, 6.07) is 43.1. The van der Waals surface area contributed by atoms with Crippen molar-refractivity contribution in [2.24, 2.45) is 0 Å². The molecule has 5 aromatic carbocycles. The lowest BCUT2D eigenvalue weighted by molar-refractivity contribution is 0.0905. The van der Waals surface area contributed by atoms with Crippen molar-refractivity contribution >= 4 is 35.1 Å². The van der Waals surface area contributed by atoms with Crippen LogP contribution in [0.2, 0.25) is 0 Å². The van der Waals surface area contributed by atoms with Gasteiger partial charge in [0.15, 0.2) is 5.69 Å². The van der Waals surface area contributed by atoms with Crippen LogP contribution in [0.25, 0.3) is 21.9 Å². The van der Waals surface area contributed by atoms with Gasteiger partial charge in [-0.25, -0.2) is 0 Å². The first-order valence-electron chi connectivity index (χ1n) is 10.8. The highest BCUT2D eigenvalue weighted by Crippen LogP contribution is 2.57. The SMILES string of the molecule is C[N+]1(c2ccccc2)Oc2c(ccc3cccc(-c4ccccc4)c23)P1c1ccccc1. The summed E-state index contributed by atoms with van der Waals surface area (Å²) in [5, 5.41) is 4.99. The second-order valence-electron chi connectivity index (χ2n) is 8.14. The highest BCUT2D eigenvalue weighted by molar-refractivity contribution is 7.73. The van der Waals surface area contributed by atoms with Crippen LogP contribution >= 0.6 is 8.07 Å². The van der Waals surface area contributed by atoms with Crippen LogP contribution in [0.15, 0.2) is 121 Å². The predicted octanol–water partition coefficient (Wildman–Crippen LogP) is 6.80. The van der Waals surface area contributed by atoms with Crippen LogP contribution < -0.4 is 19.9 Å². The zero-order valence-corrected chi connectivity index (χ0v) is 18.7. The van der Waals surface area contributed by atoms with Gasteiger partial charge in [-0.2, -0.15) is 0 Å². The highest BCUT2D eigenvalue weighted by Gasteiger charge is 2.51. The fraction of sp³-hybridized carbons (Fsp3) is 0.0345. The van der Waals surface area contributed by atoms with Crippen LogP contribution in [0.4, 0.5) is 5.69 Å². The molecule has 0 aliphatic carbocycles. The second kappa shape index (κ2) is 7.60. The van der Waals surface area contributed by atoms with E-state index in [1.54, 1.807) is 0 Å². The molecule has 0 radical (unpaired) electrons. The predicted molar refractivity (Wildman–Crippen MR) is 137 cm³/mol. The molecular weight excluding hydrogens is 409 g/mol. The number of hydroxylamine groups is 1. The molecule has 1 heterocycles. The Morgan fingerprint density at radius 1 is 0.625 bits per heavy atom. The summed E-state index contributed by atoms with van der Waals surface area (Å²) in [5.41, 5.74) is 3.58. The van der Waals surface area contributed by atoms with E-state index in [1.165, 1.54) is 32.5 Å². The molecule has 0 bridgehead atoms. The van der Waals surface area contributed by atoms with Crippen LogP contribution in [0, 0.1) is 0 Å². The van der Waals surface area contributed by atoms with E-state index in [4.69, 9.17) is 4.84 Å². The number of para-hydroxylation sites is 1. The van der Waals surface area contributed by atoms with Gasteiger partial charge in [0.05, 0.1) is 5.30 Å². The molecule has 2 unspecified atom stereocenters. The van der Waals surface area contributed by atoms with E-state index in [0.717, 1.165) is 11.4 Å². The van der Waals surface area contributed by atoms with E-state index in [-0.39, 0.29) is 0 Å². The molecular formula is C29H23NOP+. The van der Waals surface area contributed by atoms with Crippen molar-refractivity contribution in [2.45, 2.75) is 0 Å². The van der Waals surface area contributed by atoms with E-state index in [2.05, 4.69) is 128 Å². The summed E-state index contributed by atoms with van der Waals surface area (Å²) < 4.78 is 0.414. The van der Waals surface area contributed by atoms with E-state index >= 15 is 0 Å². The lowest BCUT2D eigenvalue weighted by Crippen LogP contribution is -2.42. The number of benzene rings is 5. The van der Waals surface area contributed by atoms with E-state index in [0.29, 0.717) is 4.42 Å². The topological polar surface area (TPSA) is 9.23 Å². The molecule has 0 saturated heterocycles. The lowest BCUT2D eigenvalue weighted by atomic mass is 9.97. The van der Waals surface area contributed by atoms with Gasteiger partial charge < -0.3 is 4.84 Å². The first-order valence-corrected chi connectivity index (χ1v) is 12.1. The van der Waals surface area contributed by atoms with Gasteiger partial charge in [-0.3, -0.25) is 0 Å². The average Bonchev–Trinajstić information content (AvgIpc) is 3.18. The van der Waals surface area contributed by atoms with Gasteiger partial charge in [0.25, 0.3) is 0 Å². The van der Waals surface area contributed by atoms with Crippen molar-refractivity contribution in [1.82, 2.24) is 4.42 Å². The molecule has 0 spiro atoms. The Labute approximate surface area is 189 Å². The van der Waals surface area contributed by atoms with Crippen molar-refractivity contribution in [1.29, 1.82) is 0 Å². The number of fused-ring (bicyclic) bond motifs is 3. The van der Waals surface area contributed by atoms with E-state index in [1.807, 2.05) is 0 Å². The molecule has 2 nitrogen and oxygen atoms in total. The number of rotatable bonds is 3. The van der Waals surface area contributed by atoms with Crippen LogP contribution in [0.3, 0.4) is 0 Å². The largest absolute Gasteiger partial charge is 0.307 e. The fourth-order valence-electron chi connectivity index (χ4n) is 4.68. The number of hydrogen-bond acceptors (Lipinski definition) is 1. The summed E-state index contributed by atoms with van der Waals surface area (Å²) >= 11 is 0. The zero-order valence-electron chi connectivity index (χ0n) is 17.8. The van der Waals surface area contributed by atoms with Crippen molar-refractivity contribution in [3.05, 3.63) is 121 Å². The molecule has 0 aromatic heterocycles. The van der Waals surface area contributed by atoms with Crippen LogP contribution in [-0.4, -0.2) is 7.05 Å². The van der Waals surface area contributed by atoms with Gasteiger partial charge in [-0.05, 0) is 34.7 Å². The number of hydrogen-bond donors (Lipinski definition) is 0. The molecule has 0 saturated carbocycles. The first-order chi connectivity index (χ1) is 15.8. The Bertz CT molecular complexity index is 1400. The van der Waals surface area contributed by atoms with Crippen molar-refractivity contribution in [3.8, 4) is 16.9 Å². The van der Waals surface area contributed by atoms with Crippen LogP contribution in [-0.2, 0) is 0 Å². The Kier molecular flexibility index (Phi) is 4.57. The Morgan fingerprint density at radius 3 is 2.00 bits per heavy atom. The standard InChI is InChI=1S/C29H23NOP/c1-30(24-15-7-3-8-16-24)31-29-27(32(30)25-17-9-4-10-18-25)21-20-23-14-11-19-26(28(23)29)22-12-5-2-6-13-22/h2-21H,1H3/q+1. The second-order valence-corrected chi connectivity index (χ2v) is 10.5. The molecule has 3 heteroatoms. The van der Waals surface area contributed by atoms with Gasteiger partial charge in [-0.15, -0.1) is 0 Å². The molecule has 154 valence electrons. The minimum atomic E-state index is -0.817. The summed E-state index contributed by atoms with van der Waals surface area (Å²) in [6.07, 6.45) is 0. The van der Waals surface area contributed by atoms with Crippen molar-refractivity contribution < 1.29 is 4.84 Å². The minimum absolute atomic E-state index is 0.414. The van der Waals surface area contributed by atoms with Crippen LogP contribution in [0.5, 0.6) is 5.75 Å². The van der Waals surface area contributed by atoms with Crippen molar-refractivity contribution in [2.75, 3.05) is 7.05 Å². The summed E-state index contributed by atoms with van der Waals surface area (Å²) in [7, 11) is 1.38. The fourth-order valence-corrected chi connectivity index (χ4v) is 7.35. The molecule has 0 N–H and O–H groups in total. The summed E-state index contributed by atoms with van der Waals surface area (Å²) in [6.45, 7) is 0. The summed E-state index contributed by atoms with van der Waals surface area (Å²) in [4.78, 5) is 6.99. The quantitative estimate of drug-likeness (QED) is 0.285. The van der Waals surface area contributed by atoms with Gasteiger partial charge in [0.2, 0.25) is 13.8 Å². The lowest BCUT2D eigenvalue weighted by Gasteiger charge is -2.30. The molecule has 6 rings (SSSR count). The van der Waals surface area contributed by atoms with Gasteiger partial charge in [0, 0.05) is 22.8 Å². The normalized spacial score (nSPS) is 19.5. The number of nitrogens with zero attached hydrogens (tertiary/aromatic N) is 1. The van der Waals surface area contributed by atoms with Gasteiger partial charge in [-0.1, -0.05) is 95.4 Å². The maximum absolute atomic E-state index is 6.99. The first kappa shape index (κ1) is 19.3. The van der Waals surface area contributed by atoms with Crippen LogP contribution in [0.1, 0.15) is 0 Å². The third-order valence-electron chi connectivity index (χ3n) is 6.18. The highest BCUT2D eigenvalue weighted by atomic mass is 31.1. The summed E-state index contributed by atoms with van der Waals surface area (Å²) in [5.74, 6) is 1.00. The molecule has 2 atom stereocenters. The molecule has 1 aliphatic rings. The maximum atomic E-state index is 6.99. The minimum Gasteiger partial charge on any atom is -0.307 e. The maximum Gasteiger partial charge on any atom is 0.221 e. The molecule has 5 aromatic rings. The monoisotopic (exact) mass is 432 g/mol. The number of quaternary nitrogens is 1. The third-order valence-corrected chi connectivity index (χ3v) is 8.85. The average molecular weight is 432 g/mol. The smallest absolute Gasteiger partial charge is 0.221 e. The Balaban J connectivity index is 1.66. The molecule has 1 aliphatic heterocycles. The van der Waals surface area contributed by atoms with E-state index in [9.17, 15) is 0 Å².